The fourth-order valence-electron chi connectivity index (χ4n) is 2.86. The minimum atomic E-state index is -0.0528. The van der Waals surface area contributed by atoms with Crippen LogP contribution >= 0.6 is 0 Å². The van der Waals surface area contributed by atoms with Gasteiger partial charge in [-0.1, -0.05) is 18.2 Å². The lowest BCUT2D eigenvalue weighted by molar-refractivity contribution is -0.137. The van der Waals surface area contributed by atoms with Crippen LogP contribution in [0.3, 0.4) is 0 Å². The Hall–Kier alpha value is -2.04. The molecule has 1 N–H and O–H groups in total. The number of carbonyl (C=O) groups excluding carboxylic acids is 2. The topological polar surface area (TPSA) is 52.7 Å². The second kappa shape index (κ2) is 9.18. The molecule has 0 aliphatic carbocycles. The van der Waals surface area contributed by atoms with Crippen molar-refractivity contribution < 1.29 is 9.59 Å². The minimum Gasteiger partial charge on any atom is -0.372 e. The second-order valence-corrected chi connectivity index (χ2v) is 5.89. The number of rotatable bonds is 8. The van der Waals surface area contributed by atoms with Crippen LogP contribution in [0, 0.1) is 0 Å². The number of carbonyl (C=O) groups is 2. The van der Waals surface area contributed by atoms with Crippen LogP contribution in [-0.4, -0.2) is 49.4 Å². The minimum absolute atomic E-state index is 0.0528. The molecule has 0 saturated carbocycles. The normalized spacial score (nSPS) is 14.7. The van der Waals surface area contributed by atoms with E-state index in [-0.39, 0.29) is 18.4 Å². The molecular weight excluding hydrogens is 290 g/mol. The summed E-state index contributed by atoms with van der Waals surface area (Å²) in [5.41, 5.74) is 1.21. The van der Waals surface area contributed by atoms with Crippen LogP contribution in [0.4, 0.5) is 5.69 Å². The molecule has 1 aliphatic rings. The van der Waals surface area contributed by atoms with Crippen LogP contribution in [0.15, 0.2) is 30.3 Å². The summed E-state index contributed by atoms with van der Waals surface area (Å²) in [6.45, 7) is 5.54. The van der Waals surface area contributed by atoms with Gasteiger partial charge in [0.2, 0.25) is 11.8 Å². The molecule has 0 unspecified atom stereocenters. The molecule has 1 heterocycles. The molecule has 0 spiro atoms. The van der Waals surface area contributed by atoms with Gasteiger partial charge in [0.1, 0.15) is 0 Å². The predicted octanol–water partition coefficient (Wildman–Crippen LogP) is 2.03. The first-order valence-corrected chi connectivity index (χ1v) is 8.55. The van der Waals surface area contributed by atoms with Gasteiger partial charge in [0, 0.05) is 38.3 Å². The van der Waals surface area contributed by atoms with Gasteiger partial charge in [0.05, 0.1) is 6.54 Å². The van der Waals surface area contributed by atoms with E-state index in [0.29, 0.717) is 19.5 Å². The molecule has 0 atom stereocenters. The number of para-hydroxylation sites is 1. The van der Waals surface area contributed by atoms with E-state index in [9.17, 15) is 9.59 Å². The largest absolute Gasteiger partial charge is 0.372 e. The molecule has 5 nitrogen and oxygen atoms in total. The summed E-state index contributed by atoms with van der Waals surface area (Å²) in [7, 11) is 0. The molecule has 2 amide bonds. The smallest absolute Gasteiger partial charge is 0.239 e. The molecular formula is C18H27N3O2. The van der Waals surface area contributed by atoms with E-state index < -0.39 is 0 Å². The lowest BCUT2D eigenvalue weighted by Gasteiger charge is -2.26. The highest BCUT2D eigenvalue weighted by molar-refractivity contribution is 5.85. The first kappa shape index (κ1) is 17.3. The van der Waals surface area contributed by atoms with Crippen LogP contribution in [0.5, 0.6) is 0 Å². The van der Waals surface area contributed by atoms with E-state index in [1.165, 1.54) is 5.69 Å². The van der Waals surface area contributed by atoms with E-state index in [1.807, 2.05) is 18.2 Å². The molecule has 1 saturated heterocycles. The SMILES string of the molecule is CCN(CCCNC(=O)CN1CCCCC1=O)c1ccccc1. The predicted molar refractivity (Wildman–Crippen MR) is 92.4 cm³/mol. The van der Waals surface area contributed by atoms with Crippen molar-refractivity contribution in [2.45, 2.75) is 32.6 Å². The summed E-state index contributed by atoms with van der Waals surface area (Å²) in [4.78, 5) is 27.6. The van der Waals surface area contributed by atoms with Gasteiger partial charge in [0.25, 0.3) is 0 Å². The van der Waals surface area contributed by atoms with Crippen molar-refractivity contribution in [2.75, 3.05) is 37.6 Å². The average molecular weight is 317 g/mol. The Morgan fingerprint density at radius 2 is 2.04 bits per heavy atom. The standard InChI is InChI=1S/C18H27N3O2/c1-2-20(16-9-4-3-5-10-16)14-8-12-19-17(22)15-21-13-7-6-11-18(21)23/h3-5,9-10H,2,6-8,11-15H2,1H3,(H,19,22). The van der Waals surface area contributed by atoms with Crippen LogP contribution in [0.25, 0.3) is 0 Å². The maximum Gasteiger partial charge on any atom is 0.239 e. The zero-order valence-corrected chi connectivity index (χ0v) is 14.0. The average Bonchev–Trinajstić information content (AvgIpc) is 2.58. The van der Waals surface area contributed by atoms with Crippen LogP contribution in [0.1, 0.15) is 32.6 Å². The van der Waals surface area contributed by atoms with Crippen LogP contribution in [-0.2, 0) is 9.59 Å². The van der Waals surface area contributed by atoms with E-state index in [1.54, 1.807) is 4.90 Å². The third-order valence-electron chi connectivity index (χ3n) is 4.19. The van der Waals surface area contributed by atoms with Gasteiger partial charge < -0.3 is 15.1 Å². The van der Waals surface area contributed by atoms with E-state index in [2.05, 4.69) is 29.3 Å². The molecule has 1 aliphatic heterocycles. The summed E-state index contributed by atoms with van der Waals surface area (Å²) < 4.78 is 0. The number of hydrogen-bond acceptors (Lipinski definition) is 3. The third kappa shape index (κ3) is 5.58. The summed E-state index contributed by atoms with van der Waals surface area (Å²) in [6.07, 6.45) is 3.42. The molecule has 126 valence electrons. The van der Waals surface area contributed by atoms with Gasteiger partial charge in [-0.2, -0.15) is 0 Å². The molecule has 0 radical (unpaired) electrons. The van der Waals surface area contributed by atoms with Crippen molar-refractivity contribution >= 4 is 17.5 Å². The Balaban J connectivity index is 1.66. The summed E-state index contributed by atoms with van der Waals surface area (Å²) >= 11 is 0. The van der Waals surface area contributed by atoms with Gasteiger partial charge >= 0.3 is 0 Å². The highest BCUT2D eigenvalue weighted by atomic mass is 16.2. The first-order chi connectivity index (χ1) is 11.2. The fraction of sp³-hybridized carbons (Fsp3) is 0.556. The number of piperidine rings is 1. The molecule has 2 rings (SSSR count). The van der Waals surface area contributed by atoms with E-state index >= 15 is 0 Å². The Morgan fingerprint density at radius 1 is 1.26 bits per heavy atom. The molecule has 1 aromatic carbocycles. The van der Waals surface area contributed by atoms with E-state index in [0.717, 1.165) is 32.4 Å². The van der Waals surface area contributed by atoms with E-state index in [4.69, 9.17) is 0 Å². The van der Waals surface area contributed by atoms with Crippen molar-refractivity contribution in [1.82, 2.24) is 10.2 Å². The lowest BCUT2D eigenvalue weighted by atomic mass is 10.1. The molecule has 23 heavy (non-hydrogen) atoms. The first-order valence-electron chi connectivity index (χ1n) is 8.55. The van der Waals surface area contributed by atoms with Gasteiger partial charge in [0.15, 0.2) is 0 Å². The number of nitrogens with zero attached hydrogens (tertiary/aromatic N) is 2. The Morgan fingerprint density at radius 3 is 2.74 bits per heavy atom. The molecule has 5 heteroatoms. The molecule has 1 fully saturated rings. The van der Waals surface area contributed by atoms with Gasteiger partial charge in [-0.05, 0) is 38.3 Å². The highest BCUT2D eigenvalue weighted by Crippen LogP contribution is 2.13. The van der Waals surface area contributed by atoms with Crippen LogP contribution in [0.2, 0.25) is 0 Å². The Bertz CT molecular complexity index is 504. The number of anilines is 1. The van der Waals surface area contributed by atoms with Gasteiger partial charge in [-0.25, -0.2) is 0 Å². The van der Waals surface area contributed by atoms with Crippen molar-refractivity contribution in [3.8, 4) is 0 Å². The lowest BCUT2D eigenvalue weighted by Crippen LogP contribution is -2.43. The van der Waals surface area contributed by atoms with Crippen molar-refractivity contribution in [1.29, 1.82) is 0 Å². The van der Waals surface area contributed by atoms with Gasteiger partial charge in [-0.3, -0.25) is 9.59 Å². The summed E-state index contributed by atoms with van der Waals surface area (Å²) in [5.74, 6) is 0.0515. The number of hydrogen-bond donors (Lipinski definition) is 1. The number of nitrogens with one attached hydrogen (secondary N) is 1. The third-order valence-corrected chi connectivity index (χ3v) is 4.19. The quantitative estimate of drug-likeness (QED) is 0.747. The Labute approximate surface area is 138 Å². The maximum atomic E-state index is 11.9. The maximum absolute atomic E-state index is 11.9. The fourth-order valence-corrected chi connectivity index (χ4v) is 2.86. The van der Waals surface area contributed by atoms with Gasteiger partial charge in [-0.15, -0.1) is 0 Å². The number of likely N-dealkylation sites (tertiary alicyclic amines) is 1. The monoisotopic (exact) mass is 317 g/mol. The number of amides is 2. The van der Waals surface area contributed by atoms with Crippen molar-refractivity contribution in [3.63, 3.8) is 0 Å². The second-order valence-electron chi connectivity index (χ2n) is 5.89. The Kier molecular flexibility index (Phi) is 6.91. The summed E-state index contributed by atoms with van der Waals surface area (Å²) in [6, 6.07) is 10.3. The van der Waals surface area contributed by atoms with Crippen molar-refractivity contribution in [2.24, 2.45) is 0 Å². The van der Waals surface area contributed by atoms with Crippen LogP contribution < -0.4 is 10.2 Å². The zero-order chi connectivity index (χ0) is 16.5. The van der Waals surface area contributed by atoms with Crippen molar-refractivity contribution in [3.05, 3.63) is 30.3 Å². The molecule has 0 bridgehead atoms. The zero-order valence-electron chi connectivity index (χ0n) is 14.0. The summed E-state index contributed by atoms with van der Waals surface area (Å²) in [5, 5.41) is 2.92. The molecule has 0 aromatic heterocycles. The number of benzene rings is 1. The molecule has 1 aromatic rings. The highest BCUT2D eigenvalue weighted by Gasteiger charge is 2.20.